The van der Waals surface area contributed by atoms with Gasteiger partial charge in [-0.3, -0.25) is 14.4 Å². The number of carbonyl (C=O) groups is 3. The lowest BCUT2D eigenvalue weighted by Crippen LogP contribution is -2.10. The van der Waals surface area contributed by atoms with Gasteiger partial charge in [0, 0.05) is 6.92 Å². The van der Waals surface area contributed by atoms with Gasteiger partial charge in [0.2, 0.25) is 0 Å². The lowest BCUT2D eigenvalue weighted by Gasteiger charge is -2.11. The fourth-order valence-electron chi connectivity index (χ4n) is 1.32. The fraction of sp³-hybridized carbons (Fsp3) is 0.182. The minimum Gasteiger partial charge on any atom is -0.507 e. The highest BCUT2D eigenvalue weighted by atomic mass is 35.5. The predicted octanol–water partition coefficient (Wildman–Crippen LogP) is 1.90. The Morgan fingerprint density at radius 2 is 1.82 bits per heavy atom. The largest absolute Gasteiger partial charge is 0.507 e. The molecule has 5 nitrogen and oxygen atoms in total. The molecule has 6 heteroatoms. The van der Waals surface area contributed by atoms with E-state index >= 15 is 0 Å². The highest BCUT2D eigenvalue weighted by Crippen LogP contribution is 2.33. The van der Waals surface area contributed by atoms with Crippen LogP contribution in [0.1, 0.15) is 34.6 Å². The van der Waals surface area contributed by atoms with Gasteiger partial charge in [-0.1, -0.05) is 0 Å². The number of ketones is 1. The van der Waals surface area contributed by atoms with Crippen LogP contribution in [0.15, 0.2) is 12.1 Å². The normalized spacial score (nSPS) is 9.82. The minimum absolute atomic E-state index is 0.148. The van der Waals surface area contributed by atoms with Crippen molar-refractivity contribution in [3.05, 3.63) is 23.3 Å². The quantitative estimate of drug-likeness (QED) is 0.387. The highest BCUT2D eigenvalue weighted by Gasteiger charge is 2.22. The Morgan fingerprint density at radius 3 is 2.24 bits per heavy atom. The molecule has 1 aromatic rings. The molecule has 0 amide bonds. The molecule has 0 radical (unpaired) electrons. The number of carbonyl (C=O) groups excluding carboxylic acids is 3. The van der Waals surface area contributed by atoms with Crippen LogP contribution in [-0.2, 0) is 4.79 Å². The maximum Gasteiger partial charge on any atom is 0.308 e. The van der Waals surface area contributed by atoms with Crippen molar-refractivity contribution in [3.63, 3.8) is 0 Å². The zero-order chi connectivity index (χ0) is 13.2. The third-order valence-corrected chi connectivity index (χ3v) is 2.15. The van der Waals surface area contributed by atoms with Gasteiger partial charge in [0.05, 0.1) is 5.56 Å². The van der Waals surface area contributed by atoms with Gasteiger partial charge in [-0.2, -0.15) is 0 Å². The SMILES string of the molecule is CC(=O)Oc1c(C(=O)Cl)ccc(O)c1C(C)=O. The number of esters is 1. The van der Waals surface area contributed by atoms with Crippen LogP contribution in [-0.4, -0.2) is 22.1 Å². The van der Waals surface area contributed by atoms with Crippen LogP contribution in [0.2, 0.25) is 0 Å². The first-order chi connectivity index (χ1) is 7.84. The molecule has 17 heavy (non-hydrogen) atoms. The van der Waals surface area contributed by atoms with Crippen molar-refractivity contribution in [1.29, 1.82) is 0 Å². The second-order valence-corrected chi connectivity index (χ2v) is 3.60. The summed E-state index contributed by atoms with van der Waals surface area (Å²) in [5.74, 6) is -1.96. The van der Waals surface area contributed by atoms with Crippen LogP contribution < -0.4 is 4.74 Å². The van der Waals surface area contributed by atoms with E-state index in [2.05, 4.69) is 0 Å². The third kappa shape index (κ3) is 2.82. The molecule has 0 spiro atoms. The van der Waals surface area contributed by atoms with Crippen molar-refractivity contribution in [2.24, 2.45) is 0 Å². The molecule has 90 valence electrons. The average molecular weight is 257 g/mol. The van der Waals surface area contributed by atoms with Gasteiger partial charge in [-0.15, -0.1) is 0 Å². The van der Waals surface area contributed by atoms with Crippen molar-refractivity contribution in [2.75, 3.05) is 0 Å². The number of benzene rings is 1. The summed E-state index contributed by atoms with van der Waals surface area (Å²) in [7, 11) is 0. The minimum atomic E-state index is -0.885. The standard InChI is InChI=1S/C11H9ClO5/c1-5(13)9-8(15)4-3-7(11(12)16)10(9)17-6(2)14/h3-4,15H,1-2H3. The molecule has 0 aliphatic heterocycles. The summed E-state index contributed by atoms with van der Waals surface area (Å²) in [5.41, 5.74) is -0.392. The van der Waals surface area contributed by atoms with E-state index in [0.717, 1.165) is 13.0 Å². The summed E-state index contributed by atoms with van der Waals surface area (Å²) in [6.45, 7) is 2.28. The zero-order valence-corrected chi connectivity index (χ0v) is 9.87. The van der Waals surface area contributed by atoms with Gasteiger partial charge in [-0.05, 0) is 30.7 Å². The first kappa shape index (κ1) is 13.2. The number of Topliss-reactive ketones (excluding diaryl/α,β-unsaturated/α-hetero) is 1. The van der Waals surface area contributed by atoms with E-state index in [9.17, 15) is 19.5 Å². The van der Waals surface area contributed by atoms with Gasteiger partial charge in [0.15, 0.2) is 11.5 Å². The maximum atomic E-state index is 11.3. The number of phenols is 1. The van der Waals surface area contributed by atoms with Crippen molar-refractivity contribution >= 4 is 28.6 Å². The number of aromatic hydroxyl groups is 1. The van der Waals surface area contributed by atoms with E-state index in [-0.39, 0.29) is 22.6 Å². The van der Waals surface area contributed by atoms with E-state index in [0.29, 0.717) is 0 Å². The number of rotatable bonds is 3. The summed E-state index contributed by atoms with van der Waals surface area (Å²) in [4.78, 5) is 33.4. The highest BCUT2D eigenvalue weighted by molar-refractivity contribution is 6.68. The van der Waals surface area contributed by atoms with E-state index in [4.69, 9.17) is 16.3 Å². The van der Waals surface area contributed by atoms with E-state index in [1.54, 1.807) is 0 Å². The van der Waals surface area contributed by atoms with Crippen molar-refractivity contribution < 1.29 is 24.2 Å². The molecule has 0 fully saturated rings. The summed E-state index contributed by atoms with van der Waals surface area (Å²) < 4.78 is 4.75. The molecule has 0 heterocycles. The van der Waals surface area contributed by atoms with Crippen LogP contribution in [0.4, 0.5) is 0 Å². The van der Waals surface area contributed by atoms with Gasteiger partial charge in [0.25, 0.3) is 5.24 Å². The lowest BCUT2D eigenvalue weighted by atomic mass is 10.0. The monoisotopic (exact) mass is 256 g/mol. The molecule has 0 aromatic heterocycles. The predicted molar refractivity (Wildman–Crippen MR) is 59.6 cm³/mol. The second-order valence-electron chi connectivity index (χ2n) is 3.26. The molecule has 0 atom stereocenters. The zero-order valence-electron chi connectivity index (χ0n) is 9.11. The second kappa shape index (κ2) is 4.97. The van der Waals surface area contributed by atoms with Crippen LogP contribution >= 0.6 is 11.6 Å². The number of hydrogen-bond donors (Lipinski definition) is 1. The van der Waals surface area contributed by atoms with Crippen LogP contribution in [0, 0.1) is 0 Å². The van der Waals surface area contributed by atoms with E-state index in [1.165, 1.54) is 13.0 Å². The van der Waals surface area contributed by atoms with Gasteiger partial charge < -0.3 is 9.84 Å². The fourth-order valence-corrected chi connectivity index (χ4v) is 1.47. The van der Waals surface area contributed by atoms with Gasteiger partial charge in [0.1, 0.15) is 11.3 Å². The topological polar surface area (TPSA) is 80.7 Å². The van der Waals surface area contributed by atoms with Crippen molar-refractivity contribution in [2.45, 2.75) is 13.8 Å². The Hall–Kier alpha value is -1.88. The van der Waals surface area contributed by atoms with Crippen LogP contribution in [0.3, 0.4) is 0 Å². The molecule has 0 saturated carbocycles. The Kier molecular flexibility index (Phi) is 3.85. The molecule has 0 aliphatic rings. The molecular weight excluding hydrogens is 248 g/mol. The molecule has 1 rings (SSSR count). The van der Waals surface area contributed by atoms with Crippen LogP contribution in [0.25, 0.3) is 0 Å². The molecule has 0 unspecified atom stereocenters. The lowest BCUT2D eigenvalue weighted by molar-refractivity contribution is -0.131. The molecule has 1 aromatic carbocycles. The smallest absolute Gasteiger partial charge is 0.308 e. The first-order valence-electron chi connectivity index (χ1n) is 4.59. The first-order valence-corrected chi connectivity index (χ1v) is 4.97. The summed E-state index contributed by atoms with van der Waals surface area (Å²) in [5, 5.41) is 8.63. The number of phenolic OH excluding ortho intramolecular Hbond substituents is 1. The maximum absolute atomic E-state index is 11.3. The molecule has 1 N–H and O–H groups in total. The van der Waals surface area contributed by atoms with Gasteiger partial charge >= 0.3 is 5.97 Å². The Morgan fingerprint density at radius 1 is 1.24 bits per heavy atom. The summed E-state index contributed by atoms with van der Waals surface area (Å²) in [6.07, 6.45) is 0. The van der Waals surface area contributed by atoms with E-state index < -0.39 is 17.0 Å². The van der Waals surface area contributed by atoms with Gasteiger partial charge in [-0.25, -0.2) is 0 Å². The third-order valence-electron chi connectivity index (χ3n) is 1.95. The Bertz CT molecular complexity index is 507. The van der Waals surface area contributed by atoms with Crippen molar-refractivity contribution in [3.8, 4) is 11.5 Å². The molecular formula is C11H9ClO5. The number of halogens is 1. The summed E-state index contributed by atoms with van der Waals surface area (Å²) >= 11 is 5.30. The average Bonchev–Trinajstić information content (AvgIpc) is 2.15. The molecule has 0 saturated heterocycles. The Labute approximate surface area is 102 Å². The molecule has 0 bridgehead atoms. The van der Waals surface area contributed by atoms with Crippen LogP contribution in [0.5, 0.6) is 11.5 Å². The van der Waals surface area contributed by atoms with Crippen molar-refractivity contribution in [1.82, 2.24) is 0 Å². The Balaban J connectivity index is 3.55. The molecule has 0 aliphatic carbocycles. The van der Waals surface area contributed by atoms with E-state index in [1.807, 2.05) is 0 Å². The number of ether oxygens (including phenoxy) is 1. The summed E-state index contributed by atoms with van der Waals surface area (Å²) in [6, 6.07) is 2.31. The number of hydrogen-bond acceptors (Lipinski definition) is 5.